The monoisotopic (exact) mass is 496 g/mol. The van der Waals surface area contributed by atoms with Gasteiger partial charge in [0.05, 0.1) is 23.6 Å². The van der Waals surface area contributed by atoms with Crippen LogP contribution in [0.1, 0.15) is 52.2 Å². The molecule has 0 radical (unpaired) electrons. The van der Waals surface area contributed by atoms with Gasteiger partial charge in [0.15, 0.2) is 16.8 Å². The minimum Gasteiger partial charge on any atom is -0.484 e. The number of Topliss-reactive ketones (excluding diaryl/α,β-unsaturated/α-hetero) is 1. The molecule has 7 nitrogen and oxygen atoms in total. The van der Waals surface area contributed by atoms with Crippen LogP contribution in [0, 0.1) is 13.8 Å². The van der Waals surface area contributed by atoms with Gasteiger partial charge in [-0.15, -0.1) is 10.2 Å². The number of ketones is 1. The Labute approximate surface area is 207 Å². The minimum atomic E-state index is 0.0722. The van der Waals surface area contributed by atoms with Crippen molar-refractivity contribution < 1.29 is 13.9 Å². The van der Waals surface area contributed by atoms with Crippen LogP contribution in [-0.4, -0.2) is 30.9 Å². The first-order valence-corrected chi connectivity index (χ1v) is 12.5. The zero-order chi connectivity index (χ0) is 23.7. The summed E-state index contributed by atoms with van der Waals surface area (Å²) in [7, 11) is 0. The molecule has 1 fully saturated rings. The number of aromatic nitrogens is 4. The molecule has 3 heterocycles. The molecule has 5 rings (SSSR count). The number of furan rings is 1. The molecule has 34 heavy (non-hydrogen) atoms. The molecule has 0 atom stereocenters. The van der Waals surface area contributed by atoms with Gasteiger partial charge < -0.3 is 13.7 Å². The van der Waals surface area contributed by atoms with Crippen LogP contribution in [0.15, 0.2) is 58.3 Å². The minimum absolute atomic E-state index is 0.0722. The van der Waals surface area contributed by atoms with E-state index in [1.807, 2.05) is 50.2 Å². The van der Waals surface area contributed by atoms with Crippen LogP contribution in [0.5, 0.6) is 5.75 Å². The van der Waals surface area contributed by atoms with Gasteiger partial charge in [-0.2, -0.15) is 0 Å². The molecule has 1 aromatic carbocycles. The third-order valence-corrected chi connectivity index (χ3v) is 7.20. The molecule has 0 spiro atoms. The van der Waals surface area contributed by atoms with Crippen LogP contribution < -0.4 is 4.74 Å². The summed E-state index contributed by atoms with van der Waals surface area (Å²) in [5, 5.41) is 10.0. The molecule has 0 bridgehead atoms. The van der Waals surface area contributed by atoms with Crippen molar-refractivity contribution in [1.82, 2.24) is 19.3 Å². The Hall–Kier alpha value is -2.97. The van der Waals surface area contributed by atoms with E-state index >= 15 is 0 Å². The molecule has 3 aromatic heterocycles. The Morgan fingerprint density at radius 3 is 2.76 bits per heavy atom. The predicted octanol–water partition coefficient (Wildman–Crippen LogP) is 5.88. The number of nitrogens with zero attached hydrogens (tertiary/aromatic N) is 4. The van der Waals surface area contributed by atoms with Gasteiger partial charge in [0.25, 0.3) is 0 Å². The molecule has 1 aliphatic rings. The Morgan fingerprint density at radius 1 is 1.21 bits per heavy atom. The molecular weight excluding hydrogens is 472 g/mol. The van der Waals surface area contributed by atoms with Crippen molar-refractivity contribution in [2.24, 2.45) is 0 Å². The zero-order valence-corrected chi connectivity index (χ0v) is 20.6. The standard InChI is InChI=1S/C25H25ClN4O3S/c1-16-12-20(17(2)29(16)13-19-6-5-11-32-19)22(31)15-34-25-28-27-24(30(25)18-9-10-18)14-33-23-8-4-3-7-21(23)26/h3-8,11-12,18H,9-10,13-15H2,1-2H3. The number of aryl methyl sites for hydroxylation is 1. The highest BCUT2D eigenvalue weighted by Crippen LogP contribution is 2.39. The number of halogens is 1. The lowest BCUT2D eigenvalue weighted by molar-refractivity contribution is 0.102. The molecule has 1 saturated carbocycles. The van der Waals surface area contributed by atoms with E-state index in [-0.39, 0.29) is 12.4 Å². The van der Waals surface area contributed by atoms with E-state index in [4.69, 9.17) is 20.8 Å². The summed E-state index contributed by atoms with van der Waals surface area (Å²) < 4.78 is 15.6. The zero-order valence-electron chi connectivity index (χ0n) is 19.0. The lowest BCUT2D eigenvalue weighted by Gasteiger charge is -2.11. The van der Waals surface area contributed by atoms with E-state index in [1.165, 1.54) is 11.8 Å². The van der Waals surface area contributed by atoms with Crippen molar-refractivity contribution >= 4 is 29.1 Å². The van der Waals surface area contributed by atoms with Gasteiger partial charge >= 0.3 is 0 Å². The van der Waals surface area contributed by atoms with Gasteiger partial charge in [-0.25, -0.2) is 0 Å². The van der Waals surface area contributed by atoms with Crippen molar-refractivity contribution in [2.75, 3.05) is 5.75 Å². The topological polar surface area (TPSA) is 75.1 Å². The number of carbonyl (C=O) groups excluding carboxylic acids is 1. The van der Waals surface area contributed by atoms with Crippen LogP contribution in [-0.2, 0) is 13.2 Å². The molecule has 1 aliphatic carbocycles. The maximum absolute atomic E-state index is 13.1. The fourth-order valence-corrected chi connectivity index (χ4v) is 5.10. The fraction of sp³-hybridized carbons (Fsp3) is 0.320. The average molecular weight is 497 g/mol. The first kappa shape index (κ1) is 22.8. The lowest BCUT2D eigenvalue weighted by Crippen LogP contribution is -2.09. The summed E-state index contributed by atoms with van der Waals surface area (Å²) in [6.07, 6.45) is 3.81. The Kier molecular flexibility index (Phi) is 6.52. The number of ether oxygens (including phenoxy) is 1. The molecule has 0 saturated heterocycles. The number of thioether (sulfide) groups is 1. The second kappa shape index (κ2) is 9.72. The van der Waals surface area contributed by atoms with Crippen LogP contribution in [0.4, 0.5) is 0 Å². The summed E-state index contributed by atoms with van der Waals surface area (Å²) >= 11 is 7.63. The van der Waals surface area contributed by atoms with E-state index in [2.05, 4.69) is 19.3 Å². The first-order valence-electron chi connectivity index (χ1n) is 11.2. The highest BCUT2D eigenvalue weighted by atomic mass is 35.5. The van der Waals surface area contributed by atoms with E-state index in [0.29, 0.717) is 29.1 Å². The number of hydrogen-bond acceptors (Lipinski definition) is 6. The average Bonchev–Trinajstić information content (AvgIpc) is 3.25. The summed E-state index contributed by atoms with van der Waals surface area (Å²) in [6, 6.07) is 13.5. The number of carbonyl (C=O) groups is 1. The summed E-state index contributed by atoms with van der Waals surface area (Å²) in [6.45, 7) is 4.87. The van der Waals surface area contributed by atoms with Gasteiger partial charge in [-0.05, 0) is 57.0 Å². The molecule has 0 aliphatic heterocycles. The quantitative estimate of drug-likeness (QED) is 0.201. The molecule has 176 valence electrons. The van der Waals surface area contributed by atoms with E-state index in [1.54, 1.807) is 12.3 Å². The highest BCUT2D eigenvalue weighted by molar-refractivity contribution is 7.99. The van der Waals surface area contributed by atoms with Crippen LogP contribution in [0.3, 0.4) is 0 Å². The molecule has 0 N–H and O–H groups in total. The second-order valence-corrected chi connectivity index (χ2v) is 9.73. The van der Waals surface area contributed by atoms with Crippen LogP contribution in [0.2, 0.25) is 5.02 Å². The maximum Gasteiger partial charge on any atom is 0.192 e. The van der Waals surface area contributed by atoms with E-state index in [9.17, 15) is 4.79 Å². The number of rotatable bonds is 10. The lowest BCUT2D eigenvalue weighted by atomic mass is 10.2. The largest absolute Gasteiger partial charge is 0.484 e. The summed E-state index contributed by atoms with van der Waals surface area (Å²) in [4.78, 5) is 13.1. The van der Waals surface area contributed by atoms with E-state index in [0.717, 1.165) is 46.5 Å². The van der Waals surface area contributed by atoms with Crippen molar-refractivity contribution in [3.8, 4) is 5.75 Å². The number of benzene rings is 1. The maximum atomic E-state index is 13.1. The molecule has 0 unspecified atom stereocenters. The number of para-hydroxylation sites is 1. The molecule has 4 aromatic rings. The second-order valence-electron chi connectivity index (χ2n) is 8.38. The van der Waals surface area contributed by atoms with Gasteiger partial charge in [-0.1, -0.05) is 35.5 Å². The third kappa shape index (κ3) is 4.79. The SMILES string of the molecule is Cc1cc(C(=O)CSc2nnc(COc3ccccc3Cl)n2C2CC2)c(C)n1Cc1ccco1. The summed E-state index contributed by atoms with van der Waals surface area (Å²) in [5.74, 6) is 2.58. The van der Waals surface area contributed by atoms with Crippen molar-refractivity contribution in [1.29, 1.82) is 0 Å². The van der Waals surface area contributed by atoms with Crippen molar-refractivity contribution in [3.05, 3.63) is 82.3 Å². The summed E-state index contributed by atoms with van der Waals surface area (Å²) in [5.41, 5.74) is 2.70. The Balaban J connectivity index is 1.27. The van der Waals surface area contributed by atoms with Crippen LogP contribution >= 0.6 is 23.4 Å². The van der Waals surface area contributed by atoms with Crippen molar-refractivity contribution in [2.45, 2.75) is 51.0 Å². The van der Waals surface area contributed by atoms with Gasteiger partial charge in [0, 0.05) is 23.0 Å². The fourth-order valence-electron chi connectivity index (χ4n) is 4.00. The molecular formula is C25H25ClN4O3S. The molecule has 0 amide bonds. The van der Waals surface area contributed by atoms with Gasteiger partial charge in [0.2, 0.25) is 0 Å². The first-order chi connectivity index (χ1) is 16.5. The van der Waals surface area contributed by atoms with Gasteiger partial charge in [-0.3, -0.25) is 9.36 Å². The highest BCUT2D eigenvalue weighted by Gasteiger charge is 2.30. The number of hydrogen-bond donors (Lipinski definition) is 0. The molecule has 9 heteroatoms. The van der Waals surface area contributed by atoms with E-state index < -0.39 is 0 Å². The predicted molar refractivity (Wildman–Crippen MR) is 131 cm³/mol. The third-order valence-electron chi connectivity index (χ3n) is 5.94. The van der Waals surface area contributed by atoms with Crippen LogP contribution in [0.25, 0.3) is 0 Å². The Bertz CT molecular complexity index is 1310. The smallest absolute Gasteiger partial charge is 0.192 e. The van der Waals surface area contributed by atoms with Gasteiger partial charge in [0.1, 0.15) is 18.1 Å². The van der Waals surface area contributed by atoms with Crippen molar-refractivity contribution in [3.63, 3.8) is 0 Å². The normalized spacial score (nSPS) is 13.4. The Morgan fingerprint density at radius 2 is 2.03 bits per heavy atom.